The number of benzene rings is 1. The summed E-state index contributed by atoms with van der Waals surface area (Å²) >= 11 is 0. The minimum Gasteiger partial charge on any atom is -0.332 e. The molecule has 0 saturated carbocycles. The molecule has 3 rings (SSSR count). The van der Waals surface area contributed by atoms with Crippen molar-refractivity contribution in [2.24, 2.45) is 0 Å². The highest BCUT2D eigenvalue weighted by atomic mass is 19.1. The van der Waals surface area contributed by atoms with E-state index >= 15 is 0 Å². The maximum atomic E-state index is 12.9. The van der Waals surface area contributed by atoms with Gasteiger partial charge in [0.15, 0.2) is 5.82 Å². The van der Waals surface area contributed by atoms with Crippen LogP contribution in [0.25, 0.3) is 22.8 Å². The van der Waals surface area contributed by atoms with Gasteiger partial charge in [-0.3, -0.25) is 5.10 Å². The molecule has 1 atom stereocenters. The first-order valence-electron chi connectivity index (χ1n) is 6.97. The Hall–Kier alpha value is -2.54. The van der Waals surface area contributed by atoms with Crippen molar-refractivity contribution < 1.29 is 8.91 Å². The molecule has 6 nitrogen and oxygen atoms in total. The number of aromatic nitrogens is 4. The van der Waals surface area contributed by atoms with E-state index < -0.39 is 0 Å². The summed E-state index contributed by atoms with van der Waals surface area (Å²) in [5.41, 5.74) is 2.14. The van der Waals surface area contributed by atoms with Crippen molar-refractivity contribution in [3.63, 3.8) is 0 Å². The maximum Gasteiger partial charge on any atom is 0.275 e. The van der Waals surface area contributed by atoms with Gasteiger partial charge in [-0.2, -0.15) is 10.1 Å². The Labute approximate surface area is 126 Å². The zero-order valence-corrected chi connectivity index (χ0v) is 12.3. The van der Waals surface area contributed by atoms with E-state index in [4.69, 9.17) is 4.52 Å². The van der Waals surface area contributed by atoms with E-state index in [0.717, 1.165) is 5.56 Å². The fraction of sp³-hybridized carbons (Fsp3) is 0.267. The Morgan fingerprint density at radius 1 is 1.32 bits per heavy atom. The fourth-order valence-corrected chi connectivity index (χ4v) is 2.02. The Bertz CT molecular complexity index is 749. The summed E-state index contributed by atoms with van der Waals surface area (Å²) in [7, 11) is 1.88. The van der Waals surface area contributed by atoms with Crippen LogP contribution in [0.15, 0.2) is 34.9 Å². The smallest absolute Gasteiger partial charge is 0.275 e. The van der Waals surface area contributed by atoms with Crippen LogP contribution in [0.5, 0.6) is 0 Å². The summed E-state index contributed by atoms with van der Waals surface area (Å²) in [6.07, 6.45) is 0.680. The second kappa shape index (κ2) is 6.07. The summed E-state index contributed by atoms with van der Waals surface area (Å²) in [6, 6.07) is 8.20. The van der Waals surface area contributed by atoms with E-state index in [-0.39, 0.29) is 11.9 Å². The zero-order chi connectivity index (χ0) is 15.5. The molecule has 114 valence electrons. The molecule has 22 heavy (non-hydrogen) atoms. The average molecular weight is 301 g/mol. The van der Waals surface area contributed by atoms with Gasteiger partial charge in [0.05, 0.1) is 5.69 Å². The molecule has 1 aromatic carbocycles. The third-order valence-electron chi connectivity index (χ3n) is 3.40. The third-order valence-corrected chi connectivity index (χ3v) is 3.40. The SMILES string of the molecule is CNC(C)Cc1noc(-c2cc(-c3ccc(F)cc3)n[nH]2)n1. The molecule has 7 heteroatoms. The van der Waals surface area contributed by atoms with Gasteiger partial charge in [-0.15, -0.1) is 0 Å². The van der Waals surface area contributed by atoms with Crippen molar-refractivity contribution >= 4 is 0 Å². The van der Waals surface area contributed by atoms with E-state index in [1.807, 2.05) is 14.0 Å². The number of aromatic amines is 1. The lowest BCUT2D eigenvalue weighted by Crippen LogP contribution is -2.24. The van der Waals surface area contributed by atoms with Gasteiger partial charge in [0.1, 0.15) is 11.5 Å². The molecule has 0 fully saturated rings. The molecule has 0 aliphatic heterocycles. The van der Waals surface area contributed by atoms with Gasteiger partial charge in [0.25, 0.3) is 5.89 Å². The molecule has 0 aliphatic rings. The monoisotopic (exact) mass is 301 g/mol. The molecule has 0 spiro atoms. The second-order valence-corrected chi connectivity index (χ2v) is 5.08. The molecule has 0 bridgehead atoms. The Balaban J connectivity index is 1.80. The predicted octanol–water partition coefficient (Wildman–Crippen LogP) is 2.42. The van der Waals surface area contributed by atoms with Crippen LogP contribution in [0.4, 0.5) is 4.39 Å². The molecule has 0 aliphatic carbocycles. The number of rotatable bonds is 5. The molecule has 2 aromatic heterocycles. The van der Waals surface area contributed by atoms with Crippen molar-refractivity contribution in [3.05, 3.63) is 42.0 Å². The van der Waals surface area contributed by atoms with Crippen molar-refractivity contribution in [2.75, 3.05) is 7.05 Å². The van der Waals surface area contributed by atoms with Gasteiger partial charge in [-0.05, 0) is 44.3 Å². The summed E-state index contributed by atoms with van der Waals surface area (Å²) in [4.78, 5) is 4.34. The number of H-pyrrole nitrogens is 1. The maximum absolute atomic E-state index is 12.9. The van der Waals surface area contributed by atoms with Crippen molar-refractivity contribution in [1.29, 1.82) is 0 Å². The van der Waals surface area contributed by atoms with Gasteiger partial charge in [0, 0.05) is 18.0 Å². The highest BCUT2D eigenvalue weighted by molar-refractivity contribution is 5.64. The number of halogens is 1. The first-order chi connectivity index (χ1) is 10.7. The lowest BCUT2D eigenvalue weighted by atomic mass is 10.1. The second-order valence-electron chi connectivity index (χ2n) is 5.08. The Morgan fingerprint density at radius 2 is 2.09 bits per heavy atom. The highest BCUT2D eigenvalue weighted by Crippen LogP contribution is 2.23. The lowest BCUT2D eigenvalue weighted by Gasteiger charge is -2.04. The van der Waals surface area contributed by atoms with Crippen LogP contribution in [0.1, 0.15) is 12.7 Å². The van der Waals surface area contributed by atoms with Crippen LogP contribution in [0, 0.1) is 5.82 Å². The number of nitrogens with zero attached hydrogens (tertiary/aromatic N) is 3. The molecule has 3 aromatic rings. The van der Waals surface area contributed by atoms with Crippen molar-refractivity contribution in [2.45, 2.75) is 19.4 Å². The van der Waals surface area contributed by atoms with Crippen LogP contribution in [0.2, 0.25) is 0 Å². The molecule has 0 saturated heterocycles. The Kier molecular flexibility index (Phi) is 3.97. The quantitative estimate of drug-likeness (QED) is 0.756. The van der Waals surface area contributed by atoms with Gasteiger partial charge >= 0.3 is 0 Å². The number of nitrogens with one attached hydrogen (secondary N) is 2. The van der Waals surface area contributed by atoms with Gasteiger partial charge in [-0.25, -0.2) is 4.39 Å². The zero-order valence-electron chi connectivity index (χ0n) is 12.3. The first kappa shape index (κ1) is 14.4. The van der Waals surface area contributed by atoms with Crippen LogP contribution in [-0.2, 0) is 6.42 Å². The van der Waals surface area contributed by atoms with Crippen LogP contribution < -0.4 is 5.32 Å². The lowest BCUT2D eigenvalue weighted by molar-refractivity contribution is 0.417. The molecule has 0 radical (unpaired) electrons. The third kappa shape index (κ3) is 3.04. The predicted molar refractivity (Wildman–Crippen MR) is 79.5 cm³/mol. The first-order valence-corrected chi connectivity index (χ1v) is 6.97. The largest absolute Gasteiger partial charge is 0.332 e. The van der Waals surface area contributed by atoms with Gasteiger partial charge in [-0.1, -0.05) is 5.16 Å². The van der Waals surface area contributed by atoms with E-state index in [2.05, 4.69) is 25.7 Å². The number of hydrogen-bond acceptors (Lipinski definition) is 5. The molecule has 2 heterocycles. The van der Waals surface area contributed by atoms with Crippen LogP contribution in [0.3, 0.4) is 0 Å². The minimum absolute atomic E-state index is 0.266. The van der Waals surface area contributed by atoms with E-state index in [0.29, 0.717) is 29.5 Å². The summed E-state index contributed by atoms with van der Waals surface area (Å²) in [5, 5.41) is 14.1. The van der Waals surface area contributed by atoms with Crippen molar-refractivity contribution in [1.82, 2.24) is 25.7 Å². The summed E-state index contributed by atoms with van der Waals surface area (Å²) < 4.78 is 18.2. The Morgan fingerprint density at radius 3 is 2.82 bits per heavy atom. The molecular weight excluding hydrogens is 285 g/mol. The molecule has 0 amide bonds. The summed E-state index contributed by atoms with van der Waals surface area (Å²) in [5.74, 6) is 0.744. The van der Waals surface area contributed by atoms with Crippen LogP contribution >= 0.6 is 0 Å². The van der Waals surface area contributed by atoms with E-state index in [9.17, 15) is 4.39 Å². The number of hydrogen-bond donors (Lipinski definition) is 2. The van der Waals surface area contributed by atoms with Gasteiger partial charge in [0.2, 0.25) is 0 Å². The molecular formula is C15H16FN5O. The van der Waals surface area contributed by atoms with E-state index in [1.165, 1.54) is 12.1 Å². The van der Waals surface area contributed by atoms with Crippen LogP contribution in [-0.4, -0.2) is 33.4 Å². The highest BCUT2D eigenvalue weighted by Gasteiger charge is 2.14. The summed E-state index contributed by atoms with van der Waals surface area (Å²) in [6.45, 7) is 2.04. The van der Waals surface area contributed by atoms with E-state index in [1.54, 1.807) is 18.2 Å². The average Bonchev–Trinajstić information content (AvgIpc) is 3.17. The van der Waals surface area contributed by atoms with Crippen molar-refractivity contribution in [3.8, 4) is 22.8 Å². The molecule has 2 N–H and O–H groups in total. The van der Waals surface area contributed by atoms with Gasteiger partial charge < -0.3 is 9.84 Å². The normalized spacial score (nSPS) is 12.5. The number of likely N-dealkylation sites (N-methyl/N-ethyl adjacent to an activating group) is 1. The standard InChI is InChI=1S/C15H16FN5O/c1-9(17-2)7-14-18-15(22-21-14)13-8-12(19-20-13)10-3-5-11(16)6-4-10/h3-6,8-9,17H,7H2,1-2H3,(H,19,20). The molecule has 1 unspecified atom stereocenters. The minimum atomic E-state index is -0.278. The fourth-order valence-electron chi connectivity index (χ4n) is 2.02. The topological polar surface area (TPSA) is 79.6 Å².